The van der Waals surface area contributed by atoms with E-state index < -0.39 is 35.0 Å². The van der Waals surface area contributed by atoms with E-state index >= 15 is 0 Å². The summed E-state index contributed by atoms with van der Waals surface area (Å²) in [7, 11) is -1.40. The van der Waals surface area contributed by atoms with Crippen molar-refractivity contribution in [1.29, 1.82) is 0 Å². The summed E-state index contributed by atoms with van der Waals surface area (Å²) < 4.78 is 34.4. The summed E-state index contributed by atoms with van der Waals surface area (Å²) in [5.74, 6) is 0. The Balaban J connectivity index is 4.97. The van der Waals surface area contributed by atoms with Crippen LogP contribution in [0.25, 0.3) is 0 Å². The van der Waals surface area contributed by atoms with Crippen LogP contribution in [0.3, 0.4) is 0 Å². The van der Waals surface area contributed by atoms with E-state index in [9.17, 15) is 0 Å². The summed E-state index contributed by atoms with van der Waals surface area (Å²) >= 11 is 0. The van der Waals surface area contributed by atoms with Crippen LogP contribution in [0, 0.1) is 0 Å². The fourth-order valence-corrected chi connectivity index (χ4v) is 15.5. The van der Waals surface area contributed by atoms with Crippen molar-refractivity contribution in [1.82, 2.24) is 0 Å². The normalized spacial score (nSPS) is 16.3. The molecule has 1 unspecified atom stereocenters. The maximum Gasteiger partial charge on any atom is 0.500 e. The number of rotatable bonds is 11. The van der Waals surface area contributed by atoms with Gasteiger partial charge in [-0.15, -0.1) is 0 Å². The fraction of sp³-hybridized carbons (Fsp3) is 1.00. The van der Waals surface area contributed by atoms with Crippen LogP contribution in [0.2, 0.25) is 44.8 Å². The Kier molecular flexibility index (Phi) is 9.32. The highest BCUT2D eigenvalue weighted by Gasteiger charge is 2.45. The maximum atomic E-state index is 6.38. The van der Waals surface area contributed by atoms with Gasteiger partial charge in [-0.1, -0.05) is 0 Å². The lowest BCUT2D eigenvalue weighted by molar-refractivity contribution is 0.124. The molecule has 0 aromatic carbocycles. The van der Waals surface area contributed by atoms with Crippen LogP contribution in [0.15, 0.2) is 0 Å². The number of hydrogen-bond donors (Lipinski definition) is 0. The third kappa shape index (κ3) is 8.15. The molecule has 0 heterocycles. The molecule has 0 rings (SSSR count). The number of hydrogen-bond acceptors (Lipinski definition) is 6. The molecule has 21 heavy (non-hydrogen) atoms. The van der Waals surface area contributed by atoms with E-state index in [1.165, 1.54) is 0 Å². The summed E-state index contributed by atoms with van der Waals surface area (Å²) in [5.41, 5.74) is 0. The van der Waals surface area contributed by atoms with Gasteiger partial charge in [-0.2, -0.15) is 0 Å². The lowest BCUT2D eigenvalue weighted by atomic mass is 10.9. The van der Waals surface area contributed by atoms with Gasteiger partial charge in [0.2, 0.25) is 0 Å². The van der Waals surface area contributed by atoms with Gasteiger partial charge in [-0.05, 0) is 38.8 Å². The molecule has 0 aliphatic rings. The van der Waals surface area contributed by atoms with Gasteiger partial charge in [0.1, 0.15) is 0 Å². The van der Waals surface area contributed by atoms with Gasteiger partial charge in [0.05, 0.1) is 0 Å². The van der Waals surface area contributed by atoms with Crippen molar-refractivity contribution in [3.8, 4) is 0 Å². The van der Waals surface area contributed by atoms with Crippen LogP contribution in [-0.4, -0.2) is 63.4 Å². The van der Waals surface area contributed by atoms with Crippen LogP contribution in [0.4, 0.5) is 0 Å². The molecule has 0 aliphatic heterocycles. The zero-order valence-corrected chi connectivity index (χ0v) is 18.9. The standard InChI is InChI=1S/C11H31O6Si4/c1-12-18(5)16-20(9,17-19(6,7)8)10-11-21(13-2,14-3)15-4/h10-11H2,1-9H3. The largest absolute Gasteiger partial charge is 0.500 e. The molecule has 6 nitrogen and oxygen atoms in total. The highest BCUT2D eigenvalue weighted by Crippen LogP contribution is 2.27. The predicted molar refractivity (Wildman–Crippen MR) is 92.2 cm³/mol. The molecule has 0 spiro atoms. The molecule has 0 saturated carbocycles. The summed E-state index contributed by atoms with van der Waals surface area (Å²) in [6.07, 6.45) is 0. The SMILES string of the molecule is CO[Si](C)O[Si](C)(CC[Si](OC)(OC)OC)O[Si](C)(C)C. The quantitative estimate of drug-likeness (QED) is 0.520. The van der Waals surface area contributed by atoms with Crippen molar-refractivity contribution in [2.75, 3.05) is 28.4 Å². The molecule has 1 atom stereocenters. The van der Waals surface area contributed by atoms with Crippen molar-refractivity contribution in [3.05, 3.63) is 0 Å². The zero-order chi connectivity index (χ0) is 16.7. The predicted octanol–water partition coefficient (Wildman–Crippen LogP) is 2.57. The van der Waals surface area contributed by atoms with Gasteiger partial charge in [0.15, 0.2) is 8.32 Å². The molecule has 0 aliphatic carbocycles. The minimum absolute atomic E-state index is 0.683. The molecule has 0 aromatic heterocycles. The molecule has 0 N–H and O–H groups in total. The topological polar surface area (TPSA) is 55.4 Å². The molecule has 0 aromatic rings. The highest BCUT2D eigenvalue weighted by atomic mass is 28.5. The first kappa shape index (κ1) is 21.6. The first-order chi connectivity index (χ1) is 9.55. The van der Waals surface area contributed by atoms with Crippen molar-refractivity contribution in [3.63, 3.8) is 0 Å². The molecule has 10 heteroatoms. The average Bonchev–Trinajstić information content (AvgIpc) is 2.38. The zero-order valence-electron chi connectivity index (χ0n) is 14.9. The maximum absolute atomic E-state index is 6.38. The first-order valence-corrected chi connectivity index (χ1v) is 16.7. The van der Waals surface area contributed by atoms with Crippen LogP contribution in [0.1, 0.15) is 0 Å². The van der Waals surface area contributed by atoms with E-state index in [0.29, 0.717) is 6.04 Å². The van der Waals surface area contributed by atoms with E-state index in [1.54, 1.807) is 28.4 Å². The molecule has 127 valence electrons. The summed E-state index contributed by atoms with van der Waals surface area (Å²) in [6, 6.07) is 1.45. The second-order valence-electron chi connectivity index (χ2n) is 5.94. The van der Waals surface area contributed by atoms with Crippen LogP contribution >= 0.6 is 0 Å². The van der Waals surface area contributed by atoms with Gasteiger partial charge < -0.3 is 25.9 Å². The highest BCUT2D eigenvalue weighted by molar-refractivity contribution is 6.84. The second-order valence-corrected chi connectivity index (χ2v) is 19.0. The Hall–Kier alpha value is 0.628. The third-order valence-corrected chi connectivity index (χ3v) is 15.0. The molecule has 0 amide bonds. The van der Waals surface area contributed by atoms with E-state index in [0.717, 1.165) is 6.04 Å². The van der Waals surface area contributed by atoms with Gasteiger partial charge in [0.25, 0.3) is 0 Å². The molecule has 0 fully saturated rings. The lowest BCUT2D eigenvalue weighted by Crippen LogP contribution is -2.52. The lowest BCUT2D eigenvalue weighted by Gasteiger charge is -2.36. The Labute approximate surface area is 134 Å². The third-order valence-electron chi connectivity index (χ3n) is 2.99. The molecular formula is C11H31O6Si4. The summed E-state index contributed by atoms with van der Waals surface area (Å²) in [4.78, 5) is 0. The minimum atomic E-state index is -2.60. The summed E-state index contributed by atoms with van der Waals surface area (Å²) in [5, 5.41) is 0. The van der Waals surface area contributed by atoms with E-state index in [1.807, 2.05) is 6.55 Å². The molecule has 0 bridgehead atoms. The van der Waals surface area contributed by atoms with Gasteiger partial charge in [-0.25, -0.2) is 0 Å². The van der Waals surface area contributed by atoms with Crippen molar-refractivity contribution in [2.24, 2.45) is 0 Å². The average molecular weight is 372 g/mol. The Morgan fingerprint density at radius 3 is 1.62 bits per heavy atom. The van der Waals surface area contributed by atoms with Gasteiger partial charge in [0, 0.05) is 34.5 Å². The van der Waals surface area contributed by atoms with E-state index in [-0.39, 0.29) is 0 Å². The van der Waals surface area contributed by atoms with Crippen LogP contribution in [0.5, 0.6) is 0 Å². The van der Waals surface area contributed by atoms with Crippen LogP contribution < -0.4 is 0 Å². The second kappa shape index (κ2) is 9.05. The fourth-order valence-electron chi connectivity index (χ4n) is 2.05. The Morgan fingerprint density at radius 2 is 1.29 bits per heavy atom. The van der Waals surface area contributed by atoms with Crippen molar-refractivity contribution < 1.29 is 25.9 Å². The minimum Gasteiger partial charge on any atom is -0.437 e. The van der Waals surface area contributed by atoms with Crippen molar-refractivity contribution in [2.45, 2.75) is 44.8 Å². The first-order valence-electron chi connectivity index (χ1n) is 6.97. The van der Waals surface area contributed by atoms with Gasteiger partial charge >= 0.3 is 26.6 Å². The Morgan fingerprint density at radius 1 is 0.810 bits per heavy atom. The molecular weight excluding hydrogens is 340 g/mol. The smallest absolute Gasteiger partial charge is 0.437 e. The molecule has 1 radical (unpaired) electrons. The van der Waals surface area contributed by atoms with Crippen molar-refractivity contribution >= 4 is 35.0 Å². The monoisotopic (exact) mass is 371 g/mol. The Bertz CT molecular complexity index is 289. The van der Waals surface area contributed by atoms with Crippen LogP contribution in [-0.2, 0) is 25.9 Å². The van der Waals surface area contributed by atoms with E-state index in [4.69, 9.17) is 25.9 Å². The van der Waals surface area contributed by atoms with E-state index in [2.05, 4.69) is 26.2 Å². The van der Waals surface area contributed by atoms with Gasteiger partial charge in [-0.3, -0.25) is 0 Å². The summed E-state index contributed by atoms with van der Waals surface area (Å²) in [6.45, 7) is 10.6. The molecule has 0 saturated heterocycles.